The zero-order valence-electron chi connectivity index (χ0n) is 9.26. The van der Waals surface area contributed by atoms with E-state index in [1.165, 1.54) is 14.2 Å². The van der Waals surface area contributed by atoms with Crippen molar-refractivity contribution in [2.45, 2.75) is 4.90 Å². The van der Waals surface area contributed by atoms with E-state index >= 15 is 0 Å². The van der Waals surface area contributed by atoms with Crippen LogP contribution in [0.5, 0.6) is 11.5 Å². The maximum absolute atomic E-state index is 11.2. The molecular weight excluding hydrogens is 248 g/mol. The Balaban J connectivity index is 3.63. The van der Waals surface area contributed by atoms with Crippen molar-refractivity contribution in [1.82, 2.24) is 0 Å². The second kappa shape index (κ2) is 4.60. The quantitative estimate of drug-likeness (QED) is 0.752. The topological polar surface area (TPSA) is 122 Å². The molecule has 94 valence electrons. The molecule has 0 aliphatic rings. The molecule has 17 heavy (non-hydrogen) atoms. The van der Waals surface area contributed by atoms with E-state index in [-0.39, 0.29) is 22.0 Å². The summed E-state index contributed by atoms with van der Waals surface area (Å²) in [5.74, 6) is -0.717. The zero-order valence-corrected chi connectivity index (χ0v) is 10.1. The fourth-order valence-corrected chi connectivity index (χ4v) is 1.84. The molecule has 8 heteroatoms. The predicted molar refractivity (Wildman–Crippen MR) is 59.4 cm³/mol. The van der Waals surface area contributed by atoms with Gasteiger partial charge in [-0.2, -0.15) is 0 Å². The summed E-state index contributed by atoms with van der Waals surface area (Å²) in [6.07, 6.45) is 0. The van der Waals surface area contributed by atoms with Crippen LogP contribution in [0.4, 0.5) is 0 Å². The molecule has 0 unspecified atom stereocenters. The second-order valence-corrected chi connectivity index (χ2v) is 4.68. The van der Waals surface area contributed by atoms with Gasteiger partial charge in [-0.3, -0.25) is 4.79 Å². The summed E-state index contributed by atoms with van der Waals surface area (Å²) < 4.78 is 32.3. The van der Waals surface area contributed by atoms with Crippen LogP contribution in [0.1, 0.15) is 10.4 Å². The molecule has 0 fully saturated rings. The standard InChI is InChI=1S/C9H12N2O5S/c1-15-7-4-5(17(11,13)14)3-6(9(10)12)8(7)16-2/h3-4H,1-2H3,(H2,10,12)(H2,11,13,14). The monoisotopic (exact) mass is 260 g/mol. The van der Waals surface area contributed by atoms with Gasteiger partial charge >= 0.3 is 0 Å². The predicted octanol–water partition coefficient (Wildman–Crippen LogP) is -0.550. The molecule has 7 nitrogen and oxygen atoms in total. The molecule has 0 aromatic heterocycles. The molecule has 0 aliphatic heterocycles. The Morgan fingerprint density at radius 2 is 1.82 bits per heavy atom. The van der Waals surface area contributed by atoms with Gasteiger partial charge in [0.25, 0.3) is 5.91 Å². The van der Waals surface area contributed by atoms with E-state index in [1.54, 1.807) is 0 Å². The number of primary amides is 1. The molecule has 1 aromatic carbocycles. The number of hydrogen-bond acceptors (Lipinski definition) is 5. The highest BCUT2D eigenvalue weighted by molar-refractivity contribution is 7.89. The number of nitrogens with two attached hydrogens (primary N) is 2. The van der Waals surface area contributed by atoms with Gasteiger partial charge in [-0.05, 0) is 6.07 Å². The number of sulfonamides is 1. The molecule has 4 N–H and O–H groups in total. The minimum atomic E-state index is -3.96. The zero-order chi connectivity index (χ0) is 13.2. The fourth-order valence-electron chi connectivity index (χ4n) is 1.29. The number of benzene rings is 1. The van der Waals surface area contributed by atoms with Crippen molar-refractivity contribution in [3.63, 3.8) is 0 Å². The Bertz CT molecular complexity index is 553. The number of methoxy groups -OCH3 is 2. The Labute approximate surface area is 98.4 Å². The Morgan fingerprint density at radius 3 is 2.18 bits per heavy atom. The molecular formula is C9H12N2O5S. The summed E-state index contributed by atoms with van der Waals surface area (Å²) in [6.45, 7) is 0. The van der Waals surface area contributed by atoms with Crippen LogP contribution in [0.2, 0.25) is 0 Å². The molecule has 0 aliphatic carbocycles. The van der Waals surface area contributed by atoms with E-state index in [0.29, 0.717) is 0 Å². The number of hydrogen-bond donors (Lipinski definition) is 2. The van der Waals surface area contributed by atoms with Gasteiger partial charge in [0, 0.05) is 6.07 Å². The van der Waals surface area contributed by atoms with Crippen molar-refractivity contribution in [3.05, 3.63) is 17.7 Å². The first-order chi connectivity index (χ1) is 7.81. The minimum Gasteiger partial charge on any atom is -0.493 e. The van der Waals surface area contributed by atoms with Gasteiger partial charge in [-0.25, -0.2) is 13.6 Å². The van der Waals surface area contributed by atoms with Gasteiger partial charge in [0.05, 0.1) is 24.7 Å². The Kier molecular flexibility index (Phi) is 3.59. The van der Waals surface area contributed by atoms with Crippen molar-refractivity contribution in [3.8, 4) is 11.5 Å². The fraction of sp³-hybridized carbons (Fsp3) is 0.222. The van der Waals surface area contributed by atoms with Gasteiger partial charge in [0.15, 0.2) is 11.5 Å². The number of carbonyl (C=O) groups excluding carboxylic acids is 1. The maximum Gasteiger partial charge on any atom is 0.252 e. The highest BCUT2D eigenvalue weighted by atomic mass is 32.2. The molecule has 1 amide bonds. The first-order valence-electron chi connectivity index (χ1n) is 4.40. The molecule has 0 saturated heterocycles. The van der Waals surface area contributed by atoms with E-state index in [9.17, 15) is 13.2 Å². The summed E-state index contributed by atoms with van der Waals surface area (Å²) in [5, 5.41) is 4.96. The lowest BCUT2D eigenvalue weighted by molar-refractivity contribution is 0.0996. The maximum atomic E-state index is 11.2. The number of primary sulfonamides is 1. The lowest BCUT2D eigenvalue weighted by atomic mass is 10.1. The molecule has 1 aromatic rings. The first kappa shape index (κ1) is 13.3. The van der Waals surface area contributed by atoms with E-state index in [2.05, 4.69) is 0 Å². The number of ether oxygens (including phenoxy) is 2. The Hall–Kier alpha value is -1.80. The van der Waals surface area contributed by atoms with Crippen molar-refractivity contribution >= 4 is 15.9 Å². The average molecular weight is 260 g/mol. The molecule has 0 heterocycles. The van der Waals surface area contributed by atoms with Crippen LogP contribution in [0, 0.1) is 0 Å². The largest absolute Gasteiger partial charge is 0.493 e. The third-order valence-corrected chi connectivity index (χ3v) is 2.94. The van der Waals surface area contributed by atoms with Gasteiger partial charge in [-0.15, -0.1) is 0 Å². The third kappa shape index (κ3) is 2.66. The molecule has 0 radical (unpaired) electrons. The SMILES string of the molecule is COc1cc(S(N)(=O)=O)cc(C(N)=O)c1OC. The van der Waals surface area contributed by atoms with Crippen molar-refractivity contribution in [2.24, 2.45) is 10.9 Å². The third-order valence-electron chi connectivity index (χ3n) is 2.05. The molecule has 0 spiro atoms. The van der Waals surface area contributed by atoms with E-state index in [1.807, 2.05) is 0 Å². The van der Waals surface area contributed by atoms with Crippen molar-refractivity contribution < 1.29 is 22.7 Å². The van der Waals surface area contributed by atoms with Crippen molar-refractivity contribution in [2.75, 3.05) is 14.2 Å². The summed E-state index contributed by atoms with van der Waals surface area (Å²) in [7, 11) is -1.35. The molecule has 0 saturated carbocycles. The normalized spacial score (nSPS) is 11.0. The average Bonchev–Trinajstić information content (AvgIpc) is 2.25. The minimum absolute atomic E-state index is 0.0624. The Morgan fingerprint density at radius 1 is 1.24 bits per heavy atom. The van der Waals surface area contributed by atoms with Crippen LogP contribution < -0.4 is 20.3 Å². The molecule has 1 rings (SSSR count). The van der Waals surface area contributed by atoms with Crippen molar-refractivity contribution in [1.29, 1.82) is 0 Å². The second-order valence-electron chi connectivity index (χ2n) is 3.12. The highest BCUT2D eigenvalue weighted by Gasteiger charge is 2.20. The van der Waals surface area contributed by atoms with Crippen LogP contribution in [0.3, 0.4) is 0 Å². The highest BCUT2D eigenvalue weighted by Crippen LogP contribution is 2.33. The number of rotatable bonds is 4. The van der Waals surface area contributed by atoms with E-state index in [4.69, 9.17) is 20.3 Å². The van der Waals surface area contributed by atoms with Gasteiger partial charge in [0.2, 0.25) is 10.0 Å². The van der Waals surface area contributed by atoms with Gasteiger partial charge < -0.3 is 15.2 Å². The summed E-state index contributed by atoms with van der Waals surface area (Å²) in [5.41, 5.74) is 5.00. The number of amides is 1. The molecule has 0 bridgehead atoms. The number of carbonyl (C=O) groups is 1. The smallest absolute Gasteiger partial charge is 0.252 e. The lowest BCUT2D eigenvalue weighted by Crippen LogP contribution is -2.17. The first-order valence-corrected chi connectivity index (χ1v) is 5.94. The van der Waals surface area contributed by atoms with E-state index < -0.39 is 15.9 Å². The summed E-state index contributed by atoms with van der Waals surface area (Å²) in [6, 6.07) is 2.19. The lowest BCUT2D eigenvalue weighted by Gasteiger charge is -2.12. The van der Waals surface area contributed by atoms with Crippen LogP contribution in [0.15, 0.2) is 17.0 Å². The van der Waals surface area contributed by atoms with Crippen LogP contribution in [0.25, 0.3) is 0 Å². The van der Waals surface area contributed by atoms with Gasteiger partial charge in [-0.1, -0.05) is 0 Å². The summed E-state index contributed by atoms with van der Waals surface area (Å²) in [4.78, 5) is 10.9. The van der Waals surface area contributed by atoms with Gasteiger partial charge in [0.1, 0.15) is 0 Å². The van der Waals surface area contributed by atoms with E-state index in [0.717, 1.165) is 12.1 Å². The van der Waals surface area contributed by atoms with Crippen LogP contribution in [-0.2, 0) is 10.0 Å². The van der Waals surface area contributed by atoms with Crippen LogP contribution >= 0.6 is 0 Å². The molecule has 0 atom stereocenters. The van der Waals surface area contributed by atoms with Crippen LogP contribution in [-0.4, -0.2) is 28.5 Å². The summed E-state index contributed by atoms with van der Waals surface area (Å²) >= 11 is 0.